The minimum atomic E-state index is -4.02. The van der Waals surface area contributed by atoms with Crippen LogP contribution in [0.25, 0.3) is 0 Å². The number of halogens is 1. The predicted octanol–water partition coefficient (Wildman–Crippen LogP) is 2.09. The van der Waals surface area contributed by atoms with Gasteiger partial charge in [-0.25, -0.2) is 13.6 Å². The van der Waals surface area contributed by atoms with Crippen molar-refractivity contribution in [1.82, 2.24) is 5.43 Å². The summed E-state index contributed by atoms with van der Waals surface area (Å²) in [6.07, 6.45) is 0.746. The Hall–Kier alpha value is -2.29. The number of amides is 1. The second-order valence-corrected chi connectivity index (χ2v) is 7.99. The van der Waals surface area contributed by atoms with Gasteiger partial charge in [0.25, 0.3) is 5.91 Å². The molecule has 2 aromatic carbocycles. The van der Waals surface area contributed by atoms with Crippen molar-refractivity contribution in [2.45, 2.75) is 24.3 Å². The first-order valence-electron chi connectivity index (χ1n) is 7.80. The molecule has 1 aliphatic rings. The molecule has 1 atom stereocenters. The molecule has 0 saturated carbocycles. The van der Waals surface area contributed by atoms with Crippen LogP contribution in [0.15, 0.2) is 41.3 Å². The van der Waals surface area contributed by atoms with Gasteiger partial charge in [0, 0.05) is 5.56 Å². The van der Waals surface area contributed by atoms with Crippen molar-refractivity contribution in [3.63, 3.8) is 0 Å². The van der Waals surface area contributed by atoms with Crippen molar-refractivity contribution < 1.29 is 17.9 Å². The molecule has 3 rings (SSSR count). The van der Waals surface area contributed by atoms with Crippen molar-refractivity contribution in [2.75, 3.05) is 12.1 Å². The van der Waals surface area contributed by atoms with Gasteiger partial charge in [-0.15, -0.1) is 0 Å². The number of carbonyl (C=O) groups is 1. The van der Waals surface area contributed by atoms with Gasteiger partial charge in [-0.05, 0) is 55.3 Å². The normalized spacial score (nSPS) is 16.3. The monoisotopic (exact) mass is 395 g/mol. The van der Waals surface area contributed by atoms with Gasteiger partial charge in [0.15, 0.2) is 0 Å². The first-order valence-corrected chi connectivity index (χ1v) is 9.72. The molecule has 1 amide bonds. The Kier molecular flexibility index (Phi) is 4.83. The van der Waals surface area contributed by atoms with Crippen LogP contribution in [0, 0.1) is 0 Å². The fraction of sp³-hybridized carbons (Fsp3) is 0.235. The van der Waals surface area contributed by atoms with E-state index in [2.05, 4.69) is 5.43 Å². The topological polar surface area (TPSA) is 102 Å². The lowest BCUT2D eigenvalue weighted by Crippen LogP contribution is -2.45. The molecule has 0 spiro atoms. The van der Waals surface area contributed by atoms with E-state index in [0.29, 0.717) is 0 Å². The number of primary sulfonamides is 1. The van der Waals surface area contributed by atoms with Crippen LogP contribution >= 0.6 is 11.6 Å². The SMILES string of the molecule is COc1ccc2c(c1)C[C@@H](C)N2NC(=O)c1ccc(Cl)c(S(N)(=O)=O)c1. The summed E-state index contributed by atoms with van der Waals surface area (Å²) in [5, 5.41) is 6.86. The number of nitrogens with zero attached hydrogens (tertiary/aromatic N) is 1. The van der Waals surface area contributed by atoms with Gasteiger partial charge in [-0.1, -0.05) is 11.6 Å². The van der Waals surface area contributed by atoms with Crippen molar-refractivity contribution in [3.8, 4) is 5.75 Å². The Balaban J connectivity index is 1.88. The van der Waals surface area contributed by atoms with Crippen molar-refractivity contribution in [3.05, 3.63) is 52.5 Å². The number of hydrogen-bond acceptors (Lipinski definition) is 5. The molecule has 1 heterocycles. The maximum Gasteiger partial charge on any atom is 0.269 e. The third kappa shape index (κ3) is 3.48. The van der Waals surface area contributed by atoms with Gasteiger partial charge in [0.05, 0.1) is 23.9 Å². The van der Waals surface area contributed by atoms with E-state index in [1.165, 1.54) is 18.2 Å². The molecule has 1 aliphatic heterocycles. The van der Waals surface area contributed by atoms with Crippen LogP contribution in [0.2, 0.25) is 5.02 Å². The van der Waals surface area contributed by atoms with Crippen LogP contribution in [0.1, 0.15) is 22.8 Å². The van der Waals surface area contributed by atoms with E-state index in [1.54, 1.807) is 12.1 Å². The van der Waals surface area contributed by atoms with Gasteiger partial charge in [0.2, 0.25) is 10.0 Å². The molecule has 3 N–H and O–H groups in total. The average Bonchev–Trinajstić information content (AvgIpc) is 2.88. The average molecular weight is 396 g/mol. The number of hydrazine groups is 1. The first-order chi connectivity index (χ1) is 12.2. The van der Waals surface area contributed by atoms with E-state index in [4.69, 9.17) is 21.5 Å². The zero-order chi connectivity index (χ0) is 19.1. The van der Waals surface area contributed by atoms with Crippen LogP contribution in [-0.2, 0) is 16.4 Å². The van der Waals surface area contributed by atoms with Crippen LogP contribution in [0.4, 0.5) is 5.69 Å². The lowest BCUT2D eigenvalue weighted by Gasteiger charge is -2.25. The third-order valence-electron chi connectivity index (χ3n) is 4.22. The van der Waals surface area contributed by atoms with Crippen LogP contribution in [-0.4, -0.2) is 27.5 Å². The molecule has 0 saturated heterocycles. The van der Waals surface area contributed by atoms with Gasteiger partial charge in [-0.2, -0.15) is 0 Å². The number of methoxy groups -OCH3 is 1. The lowest BCUT2D eigenvalue weighted by atomic mass is 10.1. The second-order valence-electron chi connectivity index (χ2n) is 6.05. The number of nitrogens with two attached hydrogens (primary N) is 1. The Morgan fingerprint density at radius 1 is 1.31 bits per heavy atom. The molecule has 9 heteroatoms. The smallest absolute Gasteiger partial charge is 0.269 e. The highest BCUT2D eigenvalue weighted by Gasteiger charge is 2.28. The summed E-state index contributed by atoms with van der Waals surface area (Å²) in [4.78, 5) is 12.3. The Bertz CT molecular complexity index is 978. The second kappa shape index (κ2) is 6.79. The molecule has 26 heavy (non-hydrogen) atoms. The van der Waals surface area contributed by atoms with Crippen LogP contribution < -0.4 is 20.3 Å². The maximum absolute atomic E-state index is 12.6. The Labute approximate surface area is 156 Å². The molecule has 0 fully saturated rings. The number of hydrogen-bond donors (Lipinski definition) is 2. The number of benzene rings is 2. The number of nitrogens with one attached hydrogen (secondary N) is 1. The van der Waals surface area contributed by atoms with Crippen LogP contribution in [0.5, 0.6) is 5.75 Å². The van der Waals surface area contributed by atoms with E-state index >= 15 is 0 Å². The summed E-state index contributed by atoms with van der Waals surface area (Å²) in [6, 6.07) is 9.60. The van der Waals surface area contributed by atoms with E-state index in [1.807, 2.05) is 25.1 Å². The molecule has 138 valence electrons. The fourth-order valence-corrected chi connectivity index (χ4v) is 4.01. The predicted molar refractivity (Wildman–Crippen MR) is 98.9 cm³/mol. The molecule has 0 unspecified atom stereocenters. The molecule has 0 bridgehead atoms. The summed E-state index contributed by atoms with van der Waals surface area (Å²) in [5.74, 6) is 0.293. The maximum atomic E-state index is 12.6. The zero-order valence-electron chi connectivity index (χ0n) is 14.2. The number of anilines is 1. The highest BCUT2D eigenvalue weighted by atomic mass is 35.5. The van der Waals surface area contributed by atoms with E-state index < -0.39 is 15.9 Å². The minimum Gasteiger partial charge on any atom is -0.497 e. The molecule has 2 aromatic rings. The van der Waals surface area contributed by atoms with E-state index in [0.717, 1.165) is 23.4 Å². The summed E-state index contributed by atoms with van der Waals surface area (Å²) in [5.41, 5.74) is 4.88. The molecular weight excluding hydrogens is 378 g/mol. The van der Waals surface area contributed by atoms with Crippen molar-refractivity contribution in [2.24, 2.45) is 5.14 Å². The molecule has 0 aliphatic carbocycles. The first kappa shape index (κ1) is 18.5. The number of carbonyl (C=O) groups excluding carboxylic acids is 1. The standard InChI is InChI=1S/C17H18ClN3O4S/c1-10-7-12-8-13(25-2)4-6-15(12)21(10)20-17(22)11-3-5-14(18)16(9-11)26(19,23)24/h3-6,8-10H,7H2,1-2H3,(H,20,22)(H2,19,23,24)/t10-/m1/s1. The minimum absolute atomic E-state index is 0.0315. The van der Waals surface area contributed by atoms with Gasteiger partial charge in [-0.3, -0.25) is 15.2 Å². The highest BCUT2D eigenvalue weighted by Crippen LogP contribution is 2.33. The summed E-state index contributed by atoms with van der Waals surface area (Å²) in [7, 11) is -2.42. The van der Waals surface area contributed by atoms with Gasteiger partial charge >= 0.3 is 0 Å². The van der Waals surface area contributed by atoms with E-state index in [9.17, 15) is 13.2 Å². The lowest BCUT2D eigenvalue weighted by molar-refractivity contribution is 0.0946. The third-order valence-corrected chi connectivity index (χ3v) is 5.62. The Morgan fingerprint density at radius 3 is 2.69 bits per heavy atom. The zero-order valence-corrected chi connectivity index (χ0v) is 15.8. The number of ether oxygens (including phenoxy) is 1. The van der Waals surface area contributed by atoms with E-state index in [-0.39, 0.29) is 21.5 Å². The van der Waals surface area contributed by atoms with Gasteiger partial charge in [0.1, 0.15) is 10.6 Å². The van der Waals surface area contributed by atoms with Gasteiger partial charge < -0.3 is 4.74 Å². The van der Waals surface area contributed by atoms with Crippen molar-refractivity contribution >= 4 is 33.2 Å². The molecule has 0 aromatic heterocycles. The highest BCUT2D eigenvalue weighted by molar-refractivity contribution is 7.89. The summed E-state index contributed by atoms with van der Waals surface area (Å²) < 4.78 is 28.4. The molecule has 7 nitrogen and oxygen atoms in total. The Morgan fingerprint density at radius 2 is 2.04 bits per heavy atom. The quantitative estimate of drug-likeness (QED) is 0.825. The summed E-state index contributed by atoms with van der Waals surface area (Å²) in [6.45, 7) is 1.98. The number of fused-ring (bicyclic) bond motifs is 1. The molecule has 0 radical (unpaired) electrons. The van der Waals surface area contributed by atoms with Crippen molar-refractivity contribution in [1.29, 1.82) is 0 Å². The number of rotatable bonds is 4. The molecular formula is C17H18ClN3O4S. The summed E-state index contributed by atoms with van der Waals surface area (Å²) >= 11 is 5.86. The number of sulfonamides is 1. The fourth-order valence-electron chi connectivity index (χ4n) is 2.94. The van der Waals surface area contributed by atoms with Crippen LogP contribution in [0.3, 0.4) is 0 Å². The largest absolute Gasteiger partial charge is 0.497 e.